The van der Waals surface area contributed by atoms with Crippen LogP contribution in [0, 0.1) is 17.3 Å². The molecule has 0 amide bonds. The monoisotopic (exact) mass is 640 g/mol. The molecule has 3 fully saturated rings. The maximum Gasteiger partial charge on any atom is 0.338 e. The summed E-state index contributed by atoms with van der Waals surface area (Å²) in [4.78, 5) is 54.2. The number of carbonyl (C=O) groups is 4. The van der Waals surface area contributed by atoms with Crippen LogP contribution in [0.25, 0.3) is 0 Å². The minimum absolute atomic E-state index is 0.239. The van der Waals surface area contributed by atoms with Crippen molar-refractivity contribution in [1.29, 1.82) is 0 Å². The van der Waals surface area contributed by atoms with Crippen LogP contribution in [0.4, 0.5) is 0 Å². The molecule has 2 saturated carbocycles. The molecule has 6 rings (SSSR count). The van der Waals surface area contributed by atoms with Gasteiger partial charge in [0.1, 0.15) is 23.9 Å². The Morgan fingerprint density at radius 3 is 1.60 bits per heavy atom. The summed E-state index contributed by atoms with van der Waals surface area (Å²) in [5, 5.41) is 0. The molecule has 8 atom stereocenters. The molecule has 1 heterocycles. The number of hydrogen-bond donors (Lipinski definition) is 0. The second kappa shape index (κ2) is 12.3. The van der Waals surface area contributed by atoms with E-state index >= 15 is 0 Å². The van der Waals surface area contributed by atoms with Gasteiger partial charge in [0.25, 0.3) is 0 Å². The smallest absolute Gasteiger partial charge is 0.338 e. The Morgan fingerprint density at radius 2 is 1.11 bits per heavy atom. The first kappa shape index (κ1) is 32.4. The van der Waals surface area contributed by atoms with Crippen molar-refractivity contribution in [2.45, 2.75) is 83.1 Å². The van der Waals surface area contributed by atoms with Gasteiger partial charge in [-0.1, -0.05) is 61.5 Å². The van der Waals surface area contributed by atoms with Gasteiger partial charge in [-0.25, -0.2) is 14.4 Å². The lowest BCUT2D eigenvalue weighted by atomic mass is 9.48. The molecule has 0 aromatic heterocycles. The summed E-state index contributed by atoms with van der Waals surface area (Å²) in [6.07, 6.45) is -3.16. The summed E-state index contributed by atoms with van der Waals surface area (Å²) in [5.41, 5.74) is -2.72. The third-order valence-electron chi connectivity index (χ3n) is 10.4. The van der Waals surface area contributed by atoms with Gasteiger partial charge in [-0.05, 0) is 75.9 Å². The van der Waals surface area contributed by atoms with Crippen LogP contribution in [0.15, 0.2) is 91.0 Å². The Bertz CT molecular complexity index is 1640. The second-order valence-electron chi connectivity index (χ2n) is 13.5. The fourth-order valence-electron chi connectivity index (χ4n) is 8.33. The average Bonchev–Trinajstić information content (AvgIpc) is 3.26. The Labute approximate surface area is 274 Å². The zero-order valence-corrected chi connectivity index (χ0v) is 27.2. The molecule has 3 aromatic rings. The summed E-state index contributed by atoms with van der Waals surface area (Å²) in [6, 6.07) is 25.7. The van der Waals surface area contributed by atoms with Gasteiger partial charge in [0.15, 0.2) is 6.10 Å². The predicted molar refractivity (Wildman–Crippen MR) is 170 cm³/mol. The Kier molecular flexibility index (Phi) is 8.47. The normalized spacial score (nSPS) is 31.9. The molecule has 2 bridgehead atoms. The maximum atomic E-state index is 13.9. The first-order valence-electron chi connectivity index (χ1n) is 16.1. The van der Waals surface area contributed by atoms with E-state index < -0.39 is 70.8 Å². The fourth-order valence-corrected chi connectivity index (χ4v) is 8.33. The lowest BCUT2D eigenvalue weighted by Gasteiger charge is -2.62. The van der Waals surface area contributed by atoms with Crippen LogP contribution in [-0.2, 0) is 28.5 Å². The fraction of sp³-hybridized carbons (Fsp3) is 0.421. The molecular weight excluding hydrogens is 600 g/mol. The van der Waals surface area contributed by atoms with Crippen LogP contribution in [0.1, 0.15) is 78.5 Å². The number of carbonyl (C=O) groups excluding carboxylic acids is 4. The van der Waals surface area contributed by atoms with Crippen LogP contribution in [0.2, 0.25) is 0 Å². The standard InChI is InChI=1S/C38H40O9/c1-23-21-22-28(44-33(40)25-15-9-6-10-16-25)37(5)32(46-35(42)27-19-13-8-14-20-27)30(45-34(41)26-17-11-7-12-18-26)29-31(43-24(2)39)38(23,37)47-36(29,3)4/h6-20,23,28-32H,21-22H2,1-5H3/t23-,28+,29-,30-,31-,32+,37+,38-/m1/s1. The molecule has 1 spiro atoms. The number of fused-ring (bicyclic) bond motifs is 1. The molecule has 1 aliphatic heterocycles. The number of ether oxygens (including phenoxy) is 5. The molecule has 3 aliphatic rings. The van der Waals surface area contributed by atoms with Crippen molar-refractivity contribution >= 4 is 23.9 Å². The SMILES string of the molecule is CC(=O)O[C@@H]1[C@H]2[C@@H](OC(=O)c3ccccc3)[C@H](OC(=O)c3ccccc3)[C@]3(C)[C@@H](OC(=O)c4ccccc4)CC[C@@H](C)[C@@]13OC2(C)C. The van der Waals surface area contributed by atoms with E-state index in [1.807, 2.05) is 27.7 Å². The molecule has 1 saturated heterocycles. The van der Waals surface area contributed by atoms with E-state index in [-0.39, 0.29) is 5.92 Å². The van der Waals surface area contributed by atoms with E-state index in [0.29, 0.717) is 29.5 Å². The molecule has 246 valence electrons. The summed E-state index contributed by atoms with van der Waals surface area (Å²) in [7, 11) is 0. The van der Waals surface area contributed by atoms with Crippen molar-refractivity contribution in [1.82, 2.24) is 0 Å². The highest BCUT2D eigenvalue weighted by Gasteiger charge is 2.82. The van der Waals surface area contributed by atoms with Crippen molar-refractivity contribution in [2.75, 3.05) is 0 Å². The van der Waals surface area contributed by atoms with E-state index in [4.69, 9.17) is 23.7 Å². The number of benzene rings is 3. The van der Waals surface area contributed by atoms with Gasteiger partial charge < -0.3 is 23.7 Å². The van der Waals surface area contributed by atoms with Gasteiger partial charge in [0.2, 0.25) is 0 Å². The van der Waals surface area contributed by atoms with Crippen molar-refractivity contribution < 1.29 is 42.9 Å². The lowest BCUT2D eigenvalue weighted by molar-refractivity contribution is -0.294. The highest BCUT2D eigenvalue weighted by atomic mass is 16.6. The first-order valence-corrected chi connectivity index (χ1v) is 16.1. The van der Waals surface area contributed by atoms with E-state index in [1.54, 1.807) is 91.0 Å². The molecular formula is C38H40O9. The highest BCUT2D eigenvalue weighted by molar-refractivity contribution is 5.91. The van der Waals surface area contributed by atoms with Gasteiger partial charge >= 0.3 is 23.9 Å². The molecule has 47 heavy (non-hydrogen) atoms. The van der Waals surface area contributed by atoms with Crippen molar-refractivity contribution in [3.05, 3.63) is 108 Å². The number of hydrogen-bond acceptors (Lipinski definition) is 9. The van der Waals surface area contributed by atoms with E-state index in [0.717, 1.165) is 0 Å². The zero-order valence-electron chi connectivity index (χ0n) is 27.2. The summed E-state index contributed by atoms with van der Waals surface area (Å²) < 4.78 is 32.4. The Hall–Kier alpha value is -4.50. The van der Waals surface area contributed by atoms with E-state index in [1.165, 1.54) is 6.92 Å². The van der Waals surface area contributed by atoms with Gasteiger partial charge in [-0.15, -0.1) is 0 Å². The van der Waals surface area contributed by atoms with Crippen LogP contribution < -0.4 is 0 Å². The second-order valence-corrected chi connectivity index (χ2v) is 13.5. The average molecular weight is 641 g/mol. The van der Waals surface area contributed by atoms with Gasteiger partial charge in [0.05, 0.1) is 33.6 Å². The number of rotatable bonds is 7. The van der Waals surface area contributed by atoms with Crippen molar-refractivity contribution in [2.24, 2.45) is 17.3 Å². The zero-order chi connectivity index (χ0) is 33.6. The lowest BCUT2D eigenvalue weighted by Crippen LogP contribution is -2.76. The molecule has 0 N–H and O–H groups in total. The Morgan fingerprint density at radius 1 is 0.638 bits per heavy atom. The van der Waals surface area contributed by atoms with Crippen molar-refractivity contribution in [3.8, 4) is 0 Å². The third-order valence-corrected chi connectivity index (χ3v) is 10.4. The molecule has 0 radical (unpaired) electrons. The summed E-state index contributed by atoms with van der Waals surface area (Å²) >= 11 is 0. The van der Waals surface area contributed by atoms with Crippen LogP contribution in [0.3, 0.4) is 0 Å². The van der Waals surface area contributed by atoms with Gasteiger partial charge in [-0.2, -0.15) is 0 Å². The van der Waals surface area contributed by atoms with Crippen LogP contribution in [-0.4, -0.2) is 59.5 Å². The molecule has 0 unspecified atom stereocenters. The summed E-state index contributed by atoms with van der Waals surface area (Å²) in [5.74, 6) is -3.36. The third kappa shape index (κ3) is 5.40. The quantitative estimate of drug-likeness (QED) is 0.220. The molecule has 9 heteroatoms. The largest absolute Gasteiger partial charge is 0.459 e. The number of esters is 4. The van der Waals surface area contributed by atoms with E-state index in [2.05, 4.69) is 0 Å². The van der Waals surface area contributed by atoms with Crippen LogP contribution >= 0.6 is 0 Å². The highest BCUT2D eigenvalue weighted by Crippen LogP contribution is 2.68. The first-order chi connectivity index (χ1) is 22.4. The predicted octanol–water partition coefficient (Wildman–Crippen LogP) is 6.21. The molecule has 9 nitrogen and oxygen atoms in total. The Balaban J connectivity index is 1.54. The minimum atomic E-state index is -1.36. The van der Waals surface area contributed by atoms with Crippen molar-refractivity contribution in [3.63, 3.8) is 0 Å². The van der Waals surface area contributed by atoms with Gasteiger partial charge in [-0.3, -0.25) is 4.79 Å². The maximum absolute atomic E-state index is 13.9. The minimum Gasteiger partial charge on any atom is -0.459 e. The summed E-state index contributed by atoms with van der Waals surface area (Å²) in [6.45, 7) is 8.90. The van der Waals surface area contributed by atoms with E-state index in [9.17, 15) is 19.2 Å². The van der Waals surface area contributed by atoms with Crippen LogP contribution in [0.5, 0.6) is 0 Å². The van der Waals surface area contributed by atoms with Gasteiger partial charge in [0, 0.05) is 6.92 Å². The molecule has 3 aromatic carbocycles. The molecule has 2 aliphatic carbocycles. The topological polar surface area (TPSA) is 114 Å².